The molecule has 0 saturated carbocycles. The normalized spacial score (nSPS) is 13.5. The van der Waals surface area contributed by atoms with Crippen LogP contribution in [0, 0.1) is 5.92 Å². The van der Waals surface area contributed by atoms with Crippen LogP contribution >= 0.6 is 0 Å². The minimum Gasteiger partial charge on any atom is -0.314 e. The van der Waals surface area contributed by atoms with Crippen molar-refractivity contribution in [2.24, 2.45) is 5.92 Å². The monoisotopic (exact) mass is 212 g/mol. The Labute approximate surface area is 95.7 Å². The van der Waals surface area contributed by atoms with E-state index in [1.165, 1.54) is 19.5 Å². The summed E-state index contributed by atoms with van der Waals surface area (Å²) in [6.07, 6.45) is 4.35. The van der Waals surface area contributed by atoms with E-state index in [4.69, 9.17) is 0 Å². The van der Waals surface area contributed by atoms with Gasteiger partial charge in [-0.25, -0.2) is 0 Å². The van der Waals surface area contributed by atoms with Gasteiger partial charge >= 0.3 is 0 Å². The lowest BCUT2D eigenvalue weighted by Crippen LogP contribution is -2.34. The molecule has 2 nitrogen and oxygen atoms in total. The summed E-state index contributed by atoms with van der Waals surface area (Å²) in [5.41, 5.74) is 0. The second-order valence-corrected chi connectivity index (χ2v) is 4.86. The molecule has 1 N–H and O–H groups in total. The van der Waals surface area contributed by atoms with Crippen molar-refractivity contribution < 1.29 is 0 Å². The summed E-state index contributed by atoms with van der Waals surface area (Å²) >= 11 is 0. The Bertz CT molecular complexity index is 155. The molecule has 0 aliphatic heterocycles. The van der Waals surface area contributed by atoms with E-state index in [2.05, 4.69) is 44.6 Å². The van der Waals surface area contributed by atoms with E-state index in [0.717, 1.165) is 18.9 Å². The number of nitrogens with one attached hydrogen (secondary N) is 1. The molecule has 0 aliphatic carbocycles. The Morgan fingerprint density at radius 2 is 2.00 bits per heavy atom. The molecular formula is C13H28N2. The van der Waals surface area contributed by atoms with E-state index in [9.17, 15) is 0 Å². The molecular weight excluding hydrogens is 184 g/mol. The van der Waals surface area contributed by atoms with E-state index < -0.39 is 0 Å². The van der Waals surface area contributed by atoms with Crippen LogP contribution in [0.2, 0.25) is 0 Å². The van der Waals surface area contributed by atoms with Gasteiger partial charge in [0.05, 0.1) is 0 Å². The molecule has 1 atom stereocenters. The second kappa shape index (κ2) is 8.93. The Kier molecular flexibility index (Phi) is 8.73. The fourth-order valence-electron chi connectivity index (χ4n) is 1.63. The van der Waals surface area contributed by atoms with Gasteiger partial charge in [-0.1, -0.05) is 26.8 Å². The first-order valence-electron chi connectivity index (χ1n) is 6.09. The van der Waals surface area contributed by atoms with Crippen LogP contribution in [0.5, 0.6) is 0 Å². The molecule has 0 heterocycles. The maximum atomic E-state index is 3.74. The Balaban J connectivity index is 3.48. The standard InChI is InChI=1S/C13H28N2/c1-6-7-8-9-15(5)11-13(4)10-14-12(2)3/h6,12-14H,1,7-11H2,2-5H3. The second-order valence-electron chi connectivity index (χ2n) is 4.86. The van der Waals surface area contributed by atoms with E-state index in [-0.39, 0.29) is 0 Å². The number of nitrogens with zero attached hydrogens (tertiary/aromatic N) is 1. The number of rotatable bonds is 9. The van der Waals surface area contributed by atoms with Gasteiger partial charge in [-0.15, -0.1) is 6.58 Å². The van der Waals surface area contributed by atoms with Crippen LogP contribution in [0.15, 0.2) is 12.7 Å². The third-order valence-electron chi connectivity index (χ3n) is 2.45. The van der Waals surface area contributed by atoms with Crippen LogP contribution in [-0.4, -0.2) is 37.6 Å². The van der Waals surface area contributed by atoms with Gasteiger partial charge in [0.25, 0.3) is 0 Å². The molecule has 15 heavy (non-hydrogen) atoms. The van der Waals surface area contributed by atoms with E-state index >= 15 is 0 Å². The van der Waals surface area contributed by atoms with Gasteiger partial charge in [-0.2, -0.15) is 0 Å². The summed E-state index contributed by atoms with van der Waals surface area (Å²) in [6, 6.07) is 0.596. The van der Waals surface area contributed by atoms with Gasteiger partial charge in [-0.05, 0) is 38.9 Å². The SMILES string of the molecule is C=CCCCN(C)CC(C)CNC(C)C. The smallest absolute Gasteiger partial charge is 0.00161 e. The molecule has 0 aliphatic rings. The zero-order valence-corrected chi connectivity index (χ0v) is 10.9. The van der Waals surface area contributed by atoms with Crippen molar-refractivity contribution in [3.8, 4) is 0 Å². The van der Waals surface area contributed by atoms with Crippen molar-refractivity contribution in [1.29, 1.82) is 0 Å². The van der Waals surface area contributed by atoms with Gasteiger partial charge < -0.3 is 10.2 Å². The van der Waals surface area contributed by atoms with Crippen LogP contribution in [0.3, 0.4) is 0 Å². The van der Waals surface area contributed by atoms with E-state index in [1.54, 1.807) is 0 Å². The molecule has 2 heteroatoms. The predicted molar refractivity (Wildman–Crippen MR) is 69.2 cm³/mol. The number of allylic oxidation sites excluding steroid dienone is 1. The summed E-state index contributed by atoms with van der Waals surface area (Å²) in [7, 11) is 2.20. The van der Waals surface area contributed by atoms with Crippen molar-refractivity contribution in [2.75, 3.05) is 26.7 Å². The highest BCUT2D eigenvalue weighted by Crippen LogP contribution is 2.00. The average Bonchev–Trinajstić information content (AvgIpc) is 2.15. The van der Waals surface area contributed by atoms with Gasteiger partial charge in [0, 0.05) is 12.6 Å². The molecule has 0 bridgehead atoms. The lowest BCUT2D eigenvalue weighted by Gasteiger charge is -2.22. The molecule has 1 unspecified atom stereocenters. The molecule has 0 fully saturated rings. The maximum absolute atomic E-state index is 3.74. The first kappa shape index (κ1) is 14.7. The van der Waals surface area contributed by atoms with E-state index in [1.807, 2.05) is 6.08 Å². The highest BCUT2D eigenvalue weighted by Gasteiger charge is 2.06. The largest absolute Gasteiger partial charge is 0.314 e. The Morgan fingerprint density at radius 3 is 2.53 bits per heavy atom. The topological polar surface area (TPSA) is 15.3 Å². The summed E-state index contributed by atoms with van der Waals surface area (Å²) in [5.74, 6) is 0.723. The van der Waals surface area contributed by atoms with Gasteiger partial charge in [0.1, 0.15) is 0 Å². The van der Waals surface area contributed by atoms with Crippen molar-refractivity contribution in [1.82, 2.24) is 10.2 Å². The van der Waals surface area contributed by atoms with Gasteiger partial charge in [0.15, 0.2) is 0 Å². The fraction of sp³-hybridized carbons (Fsp3) is 0.846. The van der Waals surface area contributed by atoms with Crippen LogP contribution in [0.1, 0.15) is 33.6 Å². The van der Waals surface area contributed by atoms with Crippen molar-refractivity contribution in [2.45, 2.75) is 39.7 Å². The number of hydrogen-bond acceptors (Lipinski definition) is 2. The van der Waals surface area contributed by atoms with E-state index in [0.29, 0.717) is 6.04 Å². The van der Waals surface area contributed by atoms with Crippen LogP contribution < -0.4 is 5.32 Å². The first-order chi connectivity index (χ1) is 7.06. The van der Waals surface area contributed by atoms with Gasteiger partial charge in [0.2, 0.25) is 0 Å². The predicted octanol–water partition coefficient (Wildman–Crippen LogP) is 2.52. The Hall–Kier alpha value is -0.340. The quantitative estimate of drug-likeness (QED) is 0.467. The summed E-state index contributed by atoms with van der Waals surface area (Å²) in [6.45, 7) is 13.9. The van der Waals surface area contributed by atoms with Crippen LogP contribution in [-0.2, 0) is 0 Å². The number of unbranched alkanes of at least 4 members (excludes halogenated alkanes) is 1. The number of hydrogen-bond donors (Lipinski definition) is 1. The zero-order valence-electron chi connectivity index (χ0n) is 10.9. The minimum atomic E-state index is 0.596. The Morgan fingerprint density at radius 1 is 1.33 bits per heavy atom. The lowest BCUT2D eigenvalue weighted by atomic mass is 10.1. The molecule has 0 amide bonds. The molecule has 0 radical (unpaired) electrons. The highest BCUT2D eigenvalue weighted by molar-refractivity contribution is 4.68. The average molecular weight is 212 g/mol. The zero-order chi connectivity index (χ0) is 11.7. The van der Waals surface area contributed by atoms with Crippen molar-refractivity contribution in [3.63, 3.8) is 0 Å². The molecule has 0 aromatic rings. The third-order valence-corrected chi connectivity index (χ3v) is 2.45. The maximum Gasteiger partial charge on any atom is 0.00161 e. The minimum absolute atomic E-state index is 0.596. The summed E-state index contributed by atoms with van der Waals surface area (Å²) < 4.78 is 0. The van der Waals surface area contributed by atoms with Crippen molar-refractivity contribution in [3.05, 3.63) is 12.7 Å². The van der Waals surface area contributed by atoms with Crippen LogP contribution in [0.25, 0.3) is 0 Å². The molecule has 0 saturated heterocycles. The molecule has 0 aromatic heterocycles. The third kappa shape index (κ3) is 9.95. The van der Waals surface area contributed by atoms with Gasteiger partial charge in [-0.3, -0.25) is 0 Å². The molecule has 0 spiro atoms. The molecule has 0 aromatic carbocycles. The fourth-order valence-corrected chi connectivity index (χ4v) is 1.63. The van der Waals surface area contributed by atoms with Crippen molar-refractivity contribution >= 4 is 0 Å². The lowest BCUT2D eigenvalue weighted by molar-refractivity contribution is 0.276. The molecule has 90 valence electrons. The summed E-state index contributed by atoms with van der Waals surface area (Å²) in [5, 5.41) is 3.48. The highest BCUT2D eigenvalue weighted by atomic mass is 15.1. The first-order valence-corrected chi connectivity index (χ1v) is 6.09. The molecule has 0 rings (SSSR count). The summed E-state index contributed by atoms with van der Waals surface area (Å²) in [4.78, 5) is 2.41. The van der Waals surface area contributed by atoms with Crippen LogP contribution in [0.4, 0.5) is 0 Å².